The van der Waals surface area contributed by atoms with Gasteiger partial charge in [0.15, 0.2) is 6.10 Å². The second-order valence-electron chi connectivity index (χ2n) is 4.85. The van der Waals surface area contributed by atoms with Crippen LogP contribution in [0.15, 0.2) is 0 Å². The summed E-state index contributed by atoms with van der Waals surface area (Å²) in [7, 11) is 1.68. The van der Waals surface area contributed by atoms with E-state index in [4.69, 9.17) is 14.6 Å². The summed E-state index contributed by atoms with van der Waals surface area (Å²) in [5.41, 5.74) is 0. The highest BCUT2D eigenvalue weighted by molar-refractivity contribution is 5.77. The fraction of sp³-hybridized carbons (Fsp3) is 0.833. The predicted molar refractivity (Wildman–Crippen MR) is 65.9 cm³/mol. The molecule has 1 N–H and O–H groups in total. The standard InChI is InChI=1S/C12H20N2O5/c1-18-9-2-4-13(5-3-9)12(17)14-6-7-19-10(8-14)11(15)16/h9-10H,2-8H2,1H3,(H,15,16). The molecule has 2 aliphatic heterocycles. The van der Waals surface area contributed by atoms with Crippen molar-refractivity contribution in [2.24, 2.45) is 0 Å². The molecule has 2 fully saturated rings. The van der Waals surface area contributed by atoms with Gasteiger partial charge in [-0.05, 0) is 12.8 Å². The molecule has 0 aromatic rings. The van der Waals surface area contributed by atoms with Crippen LogP contribution < -0.4 is 0 Å². The Bertz CT molecular complexity index is 341. The number of carboxylic acids is 1. The summed E-state index contributed by atoms with van der Waals surface area (Å²) in [4.78, 5) is 26.5. The molecule has 0 bridgehead atoms. The van der Waals surface area contributed by atoms with Crippen molar-refractivity contribution in [2.45, 2.75) is 25.0 Å². The first-order valence-electron chi connectivity index (χ1n) is 6.53. The van der Waals surface area contributed by atoms with Gasteiger partial charge < -0.3 is 24.4 Å². The molecule has 0 aliphatic carbocycles. The van der Waals surface area contributed by atoms with E-state index in [1.807, 2.05) is 0 Å². The number of hydrogen-bond acceptors (Lipinski definition) is 4. The summed E-state index contributed by atoms with van der Waals surface area (Å²) in [6.07, 6.45) is 0.971. The van der Waals surface area contributed by atoms with Crippen molar-refractivity contribution < 1.29 is 24.2 Å². The average molecular weight is 272 g/mol. The van der Waals surface area contributed by atoms with Gasteiger partial charge in [-0.25, -0.2) is 9.59 Å². The van der Waals surface area contributed by atoms with Crippen LogP contribution in [0.5, 0.6) is 0 Å². The minimum absolute atomic E-state index is 0.0934. The zero-order valence-electron chi connectivity index (χ0n) is 11.1. The van der Waals surface area contributed by atoms with E-state index < -0.39 is 12.1 Å². The number of morpholine rings is 1. The smallest absolute Gasteiger partial charge is 0.334 e. The van der Waals surface area contributed by atoms with Gasteiger partial charge in [-0.1, -0.05) is 0 Å². The largest absolute Gasteiger partial charge is 0.479 e. The Kier molecular flexibility index (Phi) is 4.60. The lowest BCUT2D eigenvalue weighted by Gasteiger charge is -2.38. The molecule has 0 saturated carbocycles. The molecule has 2 saturated heterocycles. The van der Waals surface area contributed by atoms with Crippen LogP contribution in [0.4, 0.5) is 4.79 Å². The zero-order valence-corrected chi connectivity index (χ0v) is 11.1. The van der Waals surface area contributed by atoms with Crippen molar-refractivity contribution >= 4 is 12.0 Å². The van der Waals surface area contributed by atoms with Crippen LogP contribution in [0.2, 0.25) is 0 Å². The van der Waals surface area contributed by atoms with Crippen molar-refractivity contribution in [2.75, 3.05) is 39.9 Å². The SMILES string of the molecule is COC1CCN(C(=O)N2CCOC(C(=O)O)C2)CC1. The maximum Gasteiger partial charge on any atom is 0.334 e. The molecule has 7 nitrogen and oxygen atoms in total. The number of nitrogens with zero attached hydrogens (tertiary/aromatic N) is 2. The Morgan fingerprint density at radius 1 is 1.21 bits per heavy atom. The molecule has 2 aliphatic rings. The van der Waals surface area contributed by atoms with Crippen LogP contribution >= 0.6 is 0 Å². The molecule has 2 amide bonds. The molecule has 0 radical (unpaired) electrons. The molecule has 0 aromatic heterocycles. The van der Waals surface area contributed by atoms with Crippen LogP contribution in [0.3, 0.4) is 0 Å². The Morgan fingerprint density at radius 3 is 2.47 bits per heavy atom. The number of hydrogen-bond donors (Lipinski definition) is 1. The Labute approximate surface area is 112 Å². The molecule has 2 heterocycles. The number of likely N-dealkylation sites (tertiary alicyclic amines) is 1. The van der Waals surface area contributed by atoms with Gasteiger partial charge in [0.05, 0.1) is 19.3 Å². The summed E-state index contributed by atoms with van der Waals surface area (Å²) < 4.78 is 10.4. The monoisotopic (exact) mass is 272 g/mol. The second kappa shape index (κ2) is 6.21. The Morgan fingerprint density at radius 2 is 1.89 bits per heavy atom. The van der Waals surface area contributed by atoms with Gasteiger partial charge in [-0.3, -0.25) is 0 Å². The molecule has 2 rings (SSSR count). The molecule has 1 unspecified atom stereocenters. The first kappa shape index (κ1) is 14.1. The van der Waals surface area contributed by atoms with Crippen LogP contribution in [-0.4, -0.2) is 79.0 Å². The van der Waals surface area contributed by atoms with E-state index in [0.717, 1.165) is 12.8 Å². The van der Waals surface area contributed by atoms with E-state index in [1.165, 1.54) is 0 Å². The number of ether oxygens (including phenoxy) is 2. The van der Waals surface area contributed by atoms with Crippen LogP contribution in [-0.2, 0) is 14.3 Å². The van der Waals surface area contributed by atoms with Crippen LogP contribution in [0, 0.1) is 0 Å². The van der Waals surface area contributed by atoms with Gasteiger partial charge in [0.1, 0.15) is 0 Å². The van der Waals surface area contributed by atoms with E-state index in [2.05, 4.69) is 0 Å². The van der Waals surface area contributed by atoms with E-state index in [-0.39, 0.29) is 25.3 Å². The van der Waals surface area contributed by atoms with E-state index >= 15 is 0 Å². The van der Waals surface area contributed by atoms with E-state index in [1.54, 1.807) is 16.9 Å². The normalized spacial score (nSPS) is 25.4. The average Bonchev–Trinajstić information content (AvgIpc) is 2.46. The number of carbonyl (C=O) groups excluding carboxylic acids is 1. The van der Waals surface area contributed by atoms with Crippen molar-refractivity contribution in [1.29, 1.82) is 0 Å². The first-order valence-corrected chi connectivity index (χ1v) is 6.53. The maximum absolute atomic E-state index is 12.3. The quantitative estimate of drug-likeness (QED) is 0.765. The molecule has 7 heteroatoms. The zero-order chi connectivity index (χ0) is 13.8. The van der Waals surface area contributed by atoms with Crippen LogP contribution in [0.1, 0.15) is 12.8 Å². The number of piperidine rings is 1. The van der Waals surface area contributed by atoms with E-state index in [0.29, 0.717) is 19.6 Å². The number of methoxy groups -OCH3 is 1. The number of carbonyl (C=O) groups is 2. The van der Waals surface area contributed by atoms with Gasteiger partial charge in [0, 0.05) is 26.7 Å². The maximum atomic E-state index is 12.3. The molecular weight excluding hydrogens is 252 g/mol. The number of aliphatic carboxylic acids is 1. The topological polar surface area (TPSA) is 79.3 Å². The molecular formula is C12H20N2O5. The number of carboxylic acid groups (broad SMARTS) is 1. The molecule has 1 atom stereocenters. The predicted octanol–water partition coefficient (Wildman–Crippen LogP) is 0.00260. The van der Waals surface area contributed by atoms with Gasteiger partial charge in [0.2, 0.25) is 0 Å². The van der Waals surface area contributed by atoms with Gasteiger partial charge >= 0.3 is 12.0 Å². The molecule has 0 aromatic carbocycles. The van der Waals surface area contributed by atoms with Crippen molar-refractivity contribution in [1.82, 2.24) is 9.80 Å². The summed E-state index contributed by atoms with van der Waals surface area (Å²) in [6.45, 7) is 2.17. The van der Waals surface area contributed by atoms with Crippen LogP contribution in [0.25, 0.3) is 0 Å². The molecule has 0 spiro atoms. The van der Waals surface area contributed by atoms with Gasteiger partial charge in [-0.2, -0.15) is 0 Å². The number of urea groups is 1. The lowest BCUT2D eigenvalue weighted by atomic mass is 10.1. The lowest BCUT2D eigenvalue weighted by molar-refractivity contribution is -0.154. The summed E-state index contributed by atoms with van der Waals surface area (Å²) >= 11 is 0. The van der Waals surface area contributed by atoms with Crippen molar-refractivity contribution in [3.63, 3.8) is 0 Å². The fourth-order valence-corrected chi connectivity index (χ4v) is 2.46. The van der Waals surface area contributed by atoms with E-state index in [9.17, 15) is 9.59 Å². The second-order valence-corrected chi connectivity index (χ2v) is 4.85. The van der Waals surface area contributed by atoms with Crippen molar-refractivity contribution in [3.8, 4) is 0 Å². The third-order valence-corrected chi connectivity index (χ3v) is 3.66. The summed E-state index contributed by atoms with van der Waals surface area (Å²) in [5, 5.41) is 8.92. The summed E-state index contributed by atoms with van der Waals surface area (Å²) in [5.74, 6) is -1.02. The Hall–Kier alpha value is -1.34. The first-order chi connectivity index (χ1) is 9.11. The summed E-state index contributed by atoms with van der Waals surface area (Å²) in [6, 6.07) is -0.0934. The minimum atomic E-state index is -1.02. The minimum Gasteiger partial charge on any atom is -0.479 e. The highest BCUT2D eigenvalue weighted by Crippen LogP contribution is 2.16. The molecule has 19 heavy (non-hydrogen) atoms. The number of rotatable bonds is 2. The molecule has 108 valence electrons. The fourth-order valence-electron chi connectivity index (χ4n) is 2.46. The van der Waals surface area contributed by atoms with Crippen molar-refractivity contribution in [3.05, 3.63) is 0 Å². The third kappa shape index (κ3) is 3.36. The highest BCUT2D eigenvalue weighted by Gasteiger charge is 2.32. The lowest BCUT2D eigenvalue weighted by Crippen LogP contribution is -2.54. The van der Waals surface area contributed by atoms with Gasteiger partial charge in [-0.15, -0.1) is 0 Å². The third-order valence-electron chi connectivity index (χ3n) is 3.66. The number of amides is 2. The Balaban J connectivity index is 1.87. The van der Waals surface area contributed by atoms with Gasteiger partial charge in [0.25, 0.3) is 0 Å². The highest BCUT2D eigenvalue weighted by atomic mass is 16.5.